The molecule has 0 fully saturated rings. The molecule has 0 saturated heterocycles. The highest BCUT2D eigenvalue weighted by molar-refractivity contribution is 6.07. The highest BCUT2D eigenvalue weighted by atomic mass is 16.5. The molecule has 0 radical (unpaired) electrons. The number of carbonyl (C=O) groups is 2. The van der Waals surface area contributed by atoms with Gasteiger partial charge >= 0.3 is 5.97 Å². The number of benzene rings is 2. The van der Waals surface area contributed by atoms with Gasteiger partial charge in [0.1, 0.15) is 17.2 Å². The molecule has 0 bridgehead atoms. The van der Waals surface area contributed by atoms with Crippen LogP contribution in [0.15, 0.2) is 42.5 Å². The monoisotopic (exact) mass is 438 g/mol. The Labute approximate surface area is 191 Å². The first-order valence-corrected chi connectivity index (χ1v) is 11.2. The molecule has 0 atom stereocenters. The summed E-state index contributed by atoms with van der Waals surface area (Å²) in [5.41, 5.74) is 1.84. The molecule has 0 N–H and O–H groups in total. The van der Waals surface area contributed by atoms with Gasteiger partial charge in [0.2, 0.25) is 0 Å². The SMILES string of the molecule is CCCc1cc(/C=C/C(=O)c2ccc(OC(=O)C(C)(C)C)cc2)c(OCC)cc1OCC. The van der Waals surface area contributed by atoms with E-state index in [4.69, 9.17) is 14.2 Å². The Bertz CT molecular complexity index is 949. The maximum absolute atomic E-state index is 12.7. The van der Waals surface area contributed by atoms with Gasteiger partial charge in [-0.05, 0) is 89.1 Å². The van der Waals surface area contributed by atoms with Crippen LogP contribution in [0.3, 0.4) is 0 Å². The molecule has 0 aliphatic carbocycles. The lowest BCUT2D eigenvalue weighted by Crippen LogP contribution is -2.25. The van der Waals surface area contributed by atoms with Crippen LogP contribution in [0.4, 0.5) is 0 Å². The molecule has 0 saturated carbocycles. The molecule has 0 aromatic heterocycles. The molecule has 0 amide bonds. The molecule has 2 aromatic rings. The van der Waals surface area contributed by atoms with Crippen LogP contribution < -0.4 is 14.2 Å². The zero-order chi connectivity index (χ0) is 23.7. The normalized spacial score (nSPS) is 11.4. The van der Waals surface area contributed by atoms with Crippen molar-refractivity contribution in [2.45, 2.75) is 54.4 Å². The van der Waals surface area contributed by atoms with E-state index >= 15 is 0 Å². The van der Waals surface area contributed by atoms with Crippen molar-refractivity contribution >= 4 is 17.8 Å². The van der Waals surface area contributed by atoms with E-state index in [1.165, 1.54) is 6.08 Å². The minimum Gasteiger partial charge on any atom is -0.493 e. The summed E-state index contributed by atoms with van der Waals surface area (Å²) in [5.74, 6) is 1.45. The lowest BCUT2D eigenvalue weighted by Gasteiger charge is -2.16. The molecule has 2 aromatic carbocycles. The van der Waals surface area contributed by atoms with Crippen molar-refractivity contribution in [3.05, 3.63) is 59.2 Å². The van der Waals surface area contributed by atoms with Gasteiger partial charge in [0.05, 0.1) is 18.6 Å². The first-order valence-electron chi connectivity index (χ1n) is 11.2. The average molecular weight is 439 g/mol. The lowest BCUT2D eigenvalue weighted by molar-refractivity contribution is -0.143. The van der Waals surface area contributed by atoms with E-state index in [-0.39, 0.29) is 11.8 Å². The molecule has 0 spiro atoms. The second-order valence-electron chi connectivity index (χ2n) is 8.48. The van der Waals surface area contributed by atoms with Gasteiger partial charge in [-0.3, -0.25) is 9.59 Å². The van der Waals surface area contributed by atoms with E-state index in [2.05, 4.69) is 6.92 Å². The minimum absolute atomic E-state index is 0.146. The van der Waals surface area contributed by atoms with E-state index in [0.717, 1.165) is 29.7 Å². The lowest BCUT2D eigenvalue weighted by atomic mass is 9.97. The fraction of sp³-hybridized carbons (Fsp3) is 0.407. The fourth-order valence-electron chi connectivity index (χ4n) is 3.00. The molecule has 0 heterocycles. The number of hydrogen-bond donors (Lipinski definition) is 0. The van der Waals surface area contributed by atoms with Crippen LogP contribution in [-0.4, -0.2) is 25.0 Å². The fourth-order valence-corrected chi connectivity index (χ4v) is 3.00. The zero-order valence-electron chi connectivity index (χ0n) is 20.0. The van der Waals surface area contributed by atoms with Gasteiger partial charge in [0.25, 0.3) is 0 Å². The van der Waals surface area contributed by atoms with E-state index in [1.807, 2.05) is 26.0 Å². The summed E-state index contributed by atoms with van der Waals surface area (Å²) in [6.07, 6.45) is 5.17. The number of esters is 1. The molecule has 2 rings (SSSR count). The molecule has 0 unspecified atom stereocenters. The summed E-state index contributed by atoms with van der Waals surface area (Å²) < 4.78 is 16.9. The highest BCUT2D eigenvalue weighted by Gasteiger charge is 2.23. The number of ether oxygens (including phenoxy) is 3. The predicted octanol–water partition coefficient (Wildman–Crippen LogP) is 6.28. The largest absolute Gasteiger partial charge is 0.493 e. The number of aryl methyl sites for hydroxylation is 1. The van der Waals surface area contributed by atoms with Crippen LogP contribution in [0.1, 0.15) is 69.4 Å². The van der Waals surface area contributed by atoms with E-state index in [1.54, 1.807) is 51.1 Å². The number of rotatable bonds is 10. The zero-order valence-corrected chi connectivity index (χ0v) is 20.0. The summed E-state index contributed by atoms with van der Waals surface area (Å²) in [7, 11) is 0. The van der Waals surface area contributed by atoms with Crippen LogP contribution >= 0.6 is 0 Å². The predicted molar refractivity (Wildman–Crippen MR) is 128 cm³/mol. The first kappa shape index (κ1) is 25.2. The Morgan fingerprint density at radius 2 is 1.53 bits per heavy atom. The quantitative estimate of drug-likeness (QED) is 0.189. The van der Waals surface area contributed by atoms with Gasteiger partial charge in [0.15, 0.2) is 5.78 Å². The summed E-state index contributed by atoms with van der Waals surface area (Å²) >= 11 is 0. The van der Waals surface area contributed by atoms with E-state index < -0.39 is 5.41 Å². The average Bonchev–Trinajstić information content (AvgIpc) is 2.74. The van der Waals surface area contributed by atoms with Gasteiger partial charge in [-0.1, -0.05) is 13.3 Å². The maximum atomic E-state index is 12.7. The molecular weight excluding hydrogens is 404 g/mol. The van der Waals surface area contributed by atoms with Crippen molar-refractivity contribution in [2.24, 2.45) is 5.41 Å². The van der Waals surface area contributed by atoms with Gasteiger partial charge in [0, 0.05) is 17.2 Å². The van der Waals surface area contributed by atoms with Crippen molar-refractivity contribution in [1.29, 1.82) is 0 Å². The molecule has 0 aliphatic heterocycles. The minimum atomic E-state index is -0.593. The second kappa shape index (κ2) is 11.5. The molecule has 172 valence electrons. The topological polar surface area (TPSA) is 61.8 Å². The van der Waals surface area contributed by atoms with E-state index in [0.29, 0.717) is 30.3 Å². The van der Waals surface area contributed by atoms with Gasteiger partial charge in [-0.15, -0.1) is 0 Å². The third kappa shape index (κ3) is 6.98. The Morgan fingerprint density at radius 1 is 0.906 bits per heavy atom. The summed E-state index contributed by atoms with van der Waals surface area (Å²) in [4.78, 5) is 24.7. The summed E-state index contributed by atoms with van der Waals surface area (Å²) in [5, 5.41) is 0. The van der Waals surface area contributed by atoms with Gasteiger partial charge in [-0.2, -0.15) is 0 Å². The molecule has 5 nitrogen and oxygen atoms in total. The van der Waals surface area contributed by atoms with Crippen LogP contribution in [0, 0.1) is 5.41 Å². The number of hydrogen-bond acceptors (Lipinski definition) is 5. The third-order valence-electron chi connectivity index (χ3n) is 4.69. The molecule has 0 aliphatic rings. The molecule has 5 heteroatoms. The highest BCUT2D eigenvalue weighted by Crippen LogP contribution is 2.31. The van der Waals surface area contributed by atoms with Gasteiger partial charge < -0.3 is 14.2 Å². The van der Waals surface area contributed by atoms with Crippen LogP contribution in [0.25, 0.3) is 6.08 Å². The number of ketones is 1. The molecule has 32 heavy (non-hydrogen) atoms. The Balaban J connectivity index is 2.23. The second-order valence-corrected chi connectivity index (χ2v) is 8.48. The van der Waals surface area contributed by atoms with Gasteiger partial charge in [-0.25, -0.2) is 0 Å². The molecular formula is C27H34O5. The maximum Gasteiger partial charge on any atom is 0.316 e. The van der Waals surface area contributed by atoms with Crippen molar-refractivity contribution < 1.29 is 23.8 Å². The smallest absolute Gasteiger partial charge is 0.316 e. The standard InChI is InChI=1S/C27H34O5/c1-7-10-20-17-21(25(31-9-3)18-24(20)30-8-2)13-16-23(28)19-11-14-22(15-12-19)32-26(29)27(4,5)6/h11-18H,7-10H2,1-6H3/b16-13+. The number of allylic oxidation sites excluding steroid dienone is 1. The van der Waals surface area contributed by atoms with Crippen molar-refractivity contribution in [3.8, 4) is 17.2 Å². The first-order chi connectivity index (χ1) is 15.2. The van der Waals surface area contributed by atoms with Crippen molar-refractivity contribution in [3.63, 3.8) is 0 Å². The van der Waals surface area contributed by atoms with Crippen LogP contribution in [0.5, 0.6) is 17.2 Å². The van der Waals surface area contributed by atoms with Crippen LogP contribution in [0.2, 0.25) is 0 Å². The third-order valence-corrected chi connectivity index (χ3v) is 4.69. The Kier molecular flexibility index (Phi) is 9.06. The van der Waals surface area contributed by atoms with E-state index in [9.17, 15) is 9.59 Å². The Hall–Kier alpha value is -3.08. The number of carbonyl (C=O) groups excluding carboxylic acids is 2. The van der Waals surface area contributed by atoms with Crippen molar-refractivity contribution in [1.82, 2.24) is 0 Å². The van der Waals surface area contributed by atoms with Crippen LogP contribution in [-0.2, 0) is 11.2 Å². The summed E-state index contributed by atoms with van der Waals surface area (Å²) in [6.45, 7) is 12.5. The van der Waals surface area contributed by atoms with Crippen molar-refractivity contribution in [2.75, 3.05) is 13.2 Å². The summed E-state index contributed by atoms with van der Waals surface area (Å²) in [6, 6.07) is 10.5. The Morgan fingerprint density at radius 3 is 2.09 bits per heavy atom.